The molecule has 1 unspecified atom stereocenters. The fraction of sp³-hybridized carbons (Fsp3) is 0.364. The smallest absolute Gasteiger partial charge is 0.255 e. The van der Waals surface area contributed by atoms with E-state index in [0.29, 0.717) is 11.4 Å². The minimum absolute atomic E-state index is 0.0885. The third kappa shape index (κ3) is 4.45. The molecule has 1 aromatic carbocycles. The van der Waals surface area contributed by atoms with E-state index in [1.165, 1.54) is 5.56 Å². The zero-order chi connectivity index (χ0) is 20.1. The molecule has 0 saturated carbocycles. The van der Waals surface area contributed by atoms with Gasteiger partial charge in [-0.05, 0) is 37.0 Å². The Kier molecular flexibility index (Phi) is 5.84. The van der Waals surface area contributed by atoms with Gasteiger partial charge < -0.3 is 15.2 Å². The van der Waals surface area contributed by atoms with E-state index >= 15 is 0 Å². The minimum Gasteiger partial charge on any atom is -0.372 e. The first-order valence-corrected chi connectivity index (χ1v) is 10.1. The molecule has 150 valence electrons. The molecule has 0 radical (unpaired) electrons. The van der Waals surface area contributed by atoms with Gasteiger partial charge in [0.25, 0.3) is 5.91 Å². The fourth-order valence-electron chi connectivity index (χ4n) is 3.83. The number of carbonyl (C=O) groups is 1. The predicted molar refractivity (Wildman–Crippen MR) is 112 cm³/mol. The average molecular weight is 390 g/mol. The van der Waals surface area contributed by atoms with Crippen molar-refractivity contribution in [2.75, 3.05) is 12.4 Å². The van der Waals surface area contributed by atoms with Crippen molar-refractivity contribution >= 4 is 11.7 Å². The van der Waals surface area contributed by atoms with Crippen molar-refractivity contribution in [3.05, 3.63) is 71.4 Å². The van der Waals surface area contributed by atoms with Gasteiger partial charge in [-0.2, -0.15) is 0 Å². The number of fused-ring (bicyclic) bond motifs is 1. The highest BCUT2D eigenvalue weighted by Gasteiger charge is 2.22. The van der Waals surface area contributed by atoms with Crippen LogP contribution in [-0.2, 0) is 25.8 Å². The Hall–Kier alpha value is -3.22. The monoisotopic (exact) mass is 390 g/mol. The molecule has 2 N–H and O–H groups in total. The van der Waals surface area contributed by atoms with Gasteiger partial charge in [0.15, 0.2) is 0 Å². The Morgan fingerprint density at radius 3 is 2.79 bits per heavy atom. The third-order valence-electron chi connectivity index (χ3n) is 5.43. The van der Waals surface area contributed by atoms with E-state index in [1.54, 1.807) is 25.4 Å². The fourth-order valence-corrected chi connectivity index (χ4v) is 3.83. The normalized spacial score (nSPS) is 16.0. The van der Waals surface area contributed by atoms with Gasteiger partial charge in [0.05, 0.1) is 5.56 Å². The average Bonchev–Trinajstić information content (AvgIpc) is 3.05. The number of rotatable bonds is 6. The van der Waals surface area contributed by atoms with Crippen LogP contribution in [-0.4, -0.2) is 38.7 Å². The second kappa shape index (κ2) is 8.86. The van der Waals surface area contributed by atoms with Gasteiger partial charge >= 0.3 is 0 Å². The van der Waals surface area contributed by atoms with Crippen LogP contribution in [0.3, 0.4) is 0 Å². The van der Waals surface area contributed by atoms with Crippen LogP contribution in [0.4, 0.5) is 5.82 Å². The SMILES string of the molecule is CNc1ncccc1C(=O)NC1CCc2nnc(CCc3ccccc3)n2CC1. The van der Waals surface area contributed by atoms with Crippen molar-refractivity contribution < 1.29 is 4.79 Å². The van der Waals surface area contributed by atoms with E-state index in [0.717, 1.165) is 50.3 Å². The van der Waals surface area contributed by atoms with E-state index in [-0.39, 0.29) is 11.9 Å². The molecule has 29 heavy (non-hydrogen) atoms. The summed E-state index contributed by atoms with van der Waals surface area (Å²) in [6, 6.07) is 14.1. The van der Waals surface area contributed by atoms with Crippen LogP contribution in [0.15, 0.2) is 48.7 Å². The van der Waals surface area contributed by atoms with Gasteiger partial charge in [0.2, 0.25) is 0 Å². The van der Waals surface area contributed by atoms with Crippen molar-refractivity contribution in [1.82, 2.24) is 25.1 Å². The van der Waals surface area contributed by atoms with Crippen LogP contribution in [0.25, 0.3) is 0 Å². The molecule has 3 heterocycles. The van der Waals surface area contributed by atoms with E-state index in [9.17, 15) is 4.79 Å². The maximum Gasteiger partial charge on any atom is 0.255 e. The first-order chi connectivity index (χ1) is 14.2. The molecule has 0 aliphatic carbocycles. The lowest BCUT2D eigenvalue weighted by Crippen LogP contribution is -2.35. The molecule has 3 aromatic rings. The number of aryl methyl sites for hydroxylation is 3. The summed E-state index contributed by atoms with van der Waals surface area (Å²) in [5.41, 5.74) is 1.88. The Bertz CT molecular complexity index is 968. The summed E-state index contributed by atoms with van der Waals surface area (Å²) in [4.78, 5) is 16.9. The second-order valence-electron chi connectivity index (χ2n) is 7.32. The molecular weight excluding hydrogens is 364 g/mol. The molecule has 0 bridgehead atoms. The van der Waals surface area contributed by atoms with Crippen molar-refractivity contribution in [2.24, 2.45) is 0 Å². The van der Waals surface area contributed by atoms with Crippen LogP contribution >= 0.6 is 0 Å². The summed E-state index contributed by atoms with van der Waals surface area (Å²) in [5, 5.41) is 15.0. The van der Waals surface area contributed by atoms with Gasteiger partial charge in [-0.25, -0.2) is 4.98 Å². The standard InChI is InChI=1S/C22H26N6O/c1-23-21-18(8-5-14-24-21)22(29)25-17-10-12-20-27-26-19(28(20)15-13-17)11-9-16-6-3-2-4-7-16/h2-8,14,17H,9-13,15H2,1H3,(H,23,24)(H,25,29). The predicted octanol–water partition coefficient (Wildman–Crippen LogP) is 2.63. The summed E-state index contributed by atoms with van der Waals surface area (Å²) >= 11 is 0. The summed E-state index contributed by atoms with van der Waals surface area (Å²) in [6.07, 6.45) is 6.04. The van der Waals surface area contributed by atoms with Crippen LogP contribution in [0.2, 0.25) is 0 Å². The molecule has 0 fully saturated rings. The molecule has 2 aromatic heterocycles. The number of hydrogen-bond acceptors (Lipinski definition) is 5. The van der Waals surface area contributed by atoms with Crippen LogP contribution in [0.5, 0.6) is 0 Å². The van der Waals surface area contributed by atoms with Gasteiger partial charge in [0, 0.05) is 38.7 Å². The molecule has 7 nitrogen and oxygen atoms in total. The summed E-state index contributed by atoms with van der Waals surface area (Å²) in [6.45, 7) is 0.823. The highest BCUT2D eigenvalue weighted by molar-refractivity contribution is 5.98. The number of anilines is 1. The van der Waals surface area contributed by atoms with Gasteiger partial charge in [0.1, 0.15) is 17.5 Å². The van der Waals surface area contributed by atoms with E-state index in [1.807, 2.05) is 6.07 Å². The summed E-state index contributed by atoms with van der Waals surface area (Å²) < 4.78 is 2.23. The maximum absolute atomic E-state index is 12.7. The number of nitrogens with one attached hydrogen (secondary N) is 2. The minimum atomic E-state index is -0.0885. The number of benzene rings is 1. The molecule has 0 saturated heterocycles. The van der Waals surface area contributed by atoms with Gasteiger partial charge in [-0.3, -0.25) is 4.79 Å². The van der Waals surface area contributed by atoms with E-state index in [4.69, 9.17) is 0 Å². The maximum atomic E-state index is 12.7. The molecule has 1 aliphatic heterocycles. The zero-order valence-electron chi connectivity index (χ0n) is 16.6. The largest absolute Gasteiger partial charge is 0.372 e. The molecule has 1 atom stereocenters. The lowest BCUT2D eigenvalue weighted by atomic mass is 10.1. The number of carbonyl (C=O) groups excluding carboxylic acids is 1. The summed E-state index contributed by atoms with van der Waals surface area (Å²) in [7, 11) is 1.77. The number of pyridine rings is 1. The van der Waals surface area contributed by atoms with Crippen molar-refractivity contribution in [1.29, 1.82) is 0 Å². The first-order valence-electron chi connectivity index (χ1n) is 10.1. The number of aromatic nitrogens is 4. The first kappa shape index (κ1) is 19.1. The van der Waals surface area contributed by atoms with E-state index < -0.39 is 0 Å². The van der Waals surface area contributed by atoms with Crippen LogP contribution < -0.4 is 10.6 Å². The molecule has 7 heteroatoms. The number of nitrogens with zero attached hydrogens (tertiary/aromatic N) is 4. The number of amides is 1. The molecule has 1 amide bonds. The van der Waals surface area contributed by atoms with Crippen molar-refractivity contribution in [3.63, 3.8) is 0 Å². The third-order valence-corrected chi connectivity index (χ3v) is 5.43. The van der Waals surface area contributed by atoms with Crippen molar-refractivity contribution in [2.45, 2.75) is 44.7 Å². The van der Waals surface area contributed by atoms with Crippen LogP contribution in [0, 0.1) is 0 Å². The zero-order valence-corrected chi connectivity index (χ0v) is 16.6. The molecular formula is C22H26N6O. The van der Waals surface area contributed by atoms with Crippen LogP contribution in [0.1, 0.15) is 40.4 Å². The Morgan fingerprint density at radius 1 is 1.10 bits per heavy atom. The van der Waals surface area contributed by atoms with Gasteiger partial charge in [-0.1, -0.05) is 30.3 Å². The Balaban J connectivity index is 1.38. The van der Waals surface area contributed by atoms with Gasteiger partial charge in [-0.15, -0.1) is 10.2 Å². The lowest BCUT2D eigenvalue weighted by molar-refractivity contribution is 0.0933. The quantitative estimate of drug-likeness (QED) is 0.676. The topological polar surface area (TPSA) is 84.7 Å². The van der Waals surface area contributed by atoms with Crippen molar-refractivity contribution in [3.8, 4) is 0 Å². The Labute approximate surface area is 170 Å². The highest BCUT2D eigenvalue weighted by Crippen LogP contribution is 2.18. The molecule has 1 aliphatic rings. The lowest BCUT2D eigenvalue weighted by Gasteiger charge is -2.17. The Morgan fingerprint density at radius 2 is 1.97 bits per heavy atom. The second-order valence-corrected chi connectivity index (χ2v) is 7.32. The summed E-state index contributed by atoms with van der Waals surface area (Å²) in [5.74, 6) is 2.55. The van der Waals surface area contributed by atoms with E-state index in [2.05, 4.69) is 54.6 Å². The molecule has 4 rings (SSSR count). The number of hydrogen-bond donors (Lipinski definition) is 2. The molecule has 0 spiro atoms. The highest BCUT2D eigenvalue weighted by atomic mass is 16.1.